The Morgan fingerprint density at radius 3 is 2.61 bits per heavy atom. The minimum Gasteiger partial charge on any atom is -0.469 e. The molecule has 1 saturated heterocycles. The van der Waals surface area contributed by atoms with E-state index in [-0.39, 0.29) is 42.7 Å². The summed E-state index contributed by atoms with van der Waals surface area (Å²) in [5.74, 6) is -1.11. The van der Waals surface area contributed by atoms with Crippen LogP contribution in [-0.4, -0.2) is 77.5 Å². The van der Waals surface area contributed by atoms with E-state index in [0.29, 0.717) is 18.7 Å². The lowest BCUT2D eigenvalue weighted by Crippen LogP contribution is -2.41. The Morgan fingerprint density at radius 1 is 1.22 bits per heavy atom. The van der Waals surface area contributed by atoms with Gasteiger partial charge in [-0.3, -0.25) is 4.79 Å². The van der Waals surface area contributed by atoms with Gasteiger partial charge < -0.3 is 33.6 Å². The van der Waals surface area contributed by atoms with Gasteiger partial charge in [0.1, 0.15) is 29.8 Å². The summed E-state index contributed by atoms with van der Waals surface area (Å²) in [6.07, 6.45) is 14.0. The Hall–Kier alpha value is -3.31. The Morgan fingerprint density at radius 2 is 1.96 bits per heavy atom. The number of rotatable bonds is 9. The average Bonchev–Trinajstić information content (AvgIpc) is 3.51. The number of methoxy groups -OCH3 is 2. The van der Waals surface area contributed by atoms with Gasteiger partial charge in [0.15, 0.2) is 5.89 Å². The maximum absolute atomic E-state index is 13.1. The average molecular weight is 642 g/mol. The van der Waals surface area contributed by atoms with Crippen molar-refractivity contribution in [3.63, 3.8) is 0 Å². The second-order valence-electron chi connectivity index (χ2n) is 12.7. The number of carbonyl (C=O) groups is 2. The molecule has 10 heteroatoms. The van der Waals surface area contributed by atoms with E-state index in [0.717, 1.165) is 16.8 Å². The lowest BCUT2D eigenvalue weighted by molar-refractivity contribution is -0.150. The number of carbonyl (C=O) groups excluding carboxylic acids is 2. The van der Waals surface area contributed by atoms with Crippen LogP contribution in [-0.2, 0) is 28.5 Å². The van der Waals surface area contributed by atoms with Crippen LogP contribution in [0.4, 0.5) is 0 Å². The molecule has 2 aliphatic rings. The number of esters is 2. The molecule has 0 spiro atoms. The summed E-state index contributed by atoms with van der Waals surface area (Å²) < 4.78 is 27.9. The molecule has 2 aliphatic heterocycles. The van der Waals surface area contributed by atoms with E-state index in [2.05, 4.69) is 4.98 Å². The Kier molecular flexibility index (Phi) is 13.7. The van der Waals surface area contributed by atoms with E-state index in [1.54, 1.807) is 26.4 Å². The first-order valence-corrected chi connectivity index (χ1v) is 15.9. The molecule has 3 rings (SSSR count). The number of nitrogens with zero attached hydrogens (tertiary/aromatic N) is 1. The molecule has 10 nitrogen and oxygen atoms in total. The smallest absolute Gasteiger partial charge is 0.330 e. The van der Waals surface area contributed by atoms with Crippen LogP contribution in [0, 0.1) is 24.7 Å². The molecule has 9 atom stereocenters. The normalized spacial score (nSPS) is 32.7. The molecular weight excluding hydrogens is 590 g/mol. The van der Waals surface area contributed by atoms with Crippen LogP contribution in [0.5, 0.6) is 0 Å². The van der Waals surface area contributed by atoms with Crippen LogP contribution in [0.25, 0.3) is 6.08 Å². The van der Waals surface area contributed by atoms with Gasteiger partial charge in [0.25, 0.3) is 0 Å². The van der Waals surface area contributed by atoms with E-state index in [1.807, 2.05) is 71.1 Å². The van der Waals surface area contributed by atoms with Crippen molar-refractivity contribution < 1.29 is 43.2 Å². The fourth-order valence-corrected chi connectivity index (χ4v) is 5.83. The Balaban J connectivity index is 1.82. The van der Waals surface area contributed by atoms with Gasteiger partial charge in [0.2, 0.25) is 0 Å². The zero-order valence-electron chi connectivity index (χ0n) is 28.3. The first-order valence-electron chi connectivity index (χ1n) is 15.9. The molecule has 2 N–H and O–H groups in total. The number of hydrogen-bond donors (Lipinski definition) is 2. The van der Waals surface area contributed by atoms with E-state index in [9.17, 15) is 19.8 Å². The van der Waals surface area contributed by atoms with Gasteiger partial charge in [-0.1, -0.05) is 50.3 Å². The molecule has 0 saturated carbocycles. The van der Waals surface area contributed by atoms with Gasteiger partial charge in [-0.25, -0.2) is 9.78 Å². The monoisotopic (exact) mass is 641 g/mol. The lowest BCUT2D eigenvalue weighted by atomic mass is 9.85. The van der Waals surface area contributed by atoms with Gasteiger partial charge in [-0.2, -0.15) is 0 Å². The highest BCUT2D eigenvalue weighted by Gasteiger charge is 2.57. The second kappa shape index (κ2) is 17.0. The predicted octanol–water partition coefficient (Wildman–Crippen LogP) is 5.44. The van der Waals surface area contributed by atoms with Gasteiger partial charge in [0, 0.05) is 44.8 Å². The topological polar surface area (TPSA) is 141 Å². The first-order chi connectivity index (χ1) is 21.8. The van der Waals surface area contributed by atoms with Gasteiger partial charge >= 0.3 is 11.9 Å². The van der Waals surface area contributed by atoms with Crippen LogP contribution < -0.4 is 0 Å². The third-order valence-corrected chi connectivity index (χ3v) is 8.95. The minimum atomic E-state index is -0.932. The van der Waals surface area contributed by atoms with Crippen LogP contribution in [0.15, 0.2) is 64.4 Å². The zero-order valence-corrected chi connectivity index (χ0v) is 28.3. The van der Waals surface area contributed by atoms with Crippen LogP contribution in [0.3, 0.4) is 0 Å². The highest BCUT2D eigenvalue weighted by molar-refractivity contribution is 5.82. The van der Waals surface area contributed by atoms with Crippen LogP contribution in [0.1, 0.15) is 71.9 Å². The molecular formula is C36H51NO9. The lowest BCUT2D eigenvalue weighted by Gasteiger charge is -2.32. The van der Waals surface area contributed by atoms with E-state index < -0.39 is 36.0 Å². The van der Waals surface area contributed by atoms with Gasteiger partial charge in [-0.15, -0.1) is 0 Å². The number of allylic oxidation sites excluding steroid dienone is 5. The Labute approximate surface area is 272 Å². The highest BCUT2D eigenvalue weighted by atomic mass is 16.6. The van der Waals surface area contributed by atoms with Crippen molar-refractivity contribution in [1.29, 1.82) is 0 Å². The van der Waals surface area contributed by atoms with Crippen LogP contribution in [0.2, 0.25) is 0 Å². The number of aliphatic hydroxyl groups is 2. The number of aliphatic hydroxyl groups excluding tert-OH is 2. The fraction of sp³-hybridized carbons (Fsp3) is 0.583. The summed E-state index contributed by atoms with van der Waals surface area (Å²) in [5, 5.41) is 22.2. The van der Waals surface area contributed by atoms with Crippen molar-refractivity contribution in [2.75, 3.05) is 14.2 Å². The number of cyclic esters (lactones) is 1. The molecule has 3 heterocycles. The molecule has 0 bridgehead atoms. The van der Waals surface area contributed by atoms with E-state index in [1.165, 1.54) is 13.2 Å². The van der Waals surface area contributed by atoms with Crippen molar-refractivity contribution >= 4 is 18.0 Å². The fourth-order valence-electron chi connectivity index (χ4n) is 5.83. The summed E-state index contributed by atoms with van der Waals surface area (Å²) in [6.45, 7) is 11.4. The summed E-state index contributed by atoms with van der Waals surface area (Å²) in [7, 11) is 2.94. The van der Waals surface area contributed by atoms with Crippen molar-refractivity contribution in [3.8, 4) is 0 Å². The van der Waals surface area contributed by atoms with Crippen molar-refractivity contribution in [2.24, 2.45) is 17.8 Å². The molecule has 0 unspecified atom stereocenters. The minimum absolute atomic E-state index is 0.115. The summed E-state index contributed by atoms with van der Waals surface area (Å²) in [5.41, 5.74) is 1.78. The molecule has 1 aromatic heterocycles. The maximum atomic E-state index is 13.1. The van der Waals surface area contributed by atoms with Crippen molar-refractivity contribution in [2.45, 2.75) is 103 Å². The third kappa shape index (κ3) is 10.6. The quantitative estimate of drug-likeness (QED) is 0.155. The maximum Gasteiger partial charge on any atom is 0.330 e. The second-order valence-corrected chi connectivity index (χ2v) is 12.7. The summed E-state index contributed by atoms with van der Waals surface area (Å²) in [4.78, 5) is 29.4. The number of oxazole rings is 1. The van der Waals surface area contributed by atoms with Crippen LogP contribution >= 0.6 is 0 Å². The number of aromatic nitrogens is 1. The number of aryl methyl sites for hydroxylation is 1. The SMILES string of the molecule is COC(=O)C[C@@H]1C/C=C/C(=O)O[C@H]([C@@H](C)[C@@H](OC)/C(C)=C/C=C/C(C)=C/c2coc(C)n2)C[C@H](O)[C@]2(C)O[C@@H]2/C=C/[C@@H](C)[C@H](O)C1. The molecule has 254 valence electrons. The van der Waals surface area contributed by atoms with Gasteiger partial charge in [-0.05, 0) is 56.8 Å². The van der Waals surface area contributed by atoms with E-state index in [4.69, 9.17) is 23.4 Å². The molecule has 0 radical (unpaired) electrons. The largest absolute Gasteiger partial charge is 0.469 e. The molecule has 46 heavy (non-hydrogen) atoms. The molecule has 0 aromatic carbocycles. The summed E-state index contributed by atoms with van der Waals surface area (Å²) in [6, 6.07) is 0. The molecule has 0 amide bonds. The highest BCUT2D eigenvalue weighted by Crippen LogP contribution is 2.43. The van der Waals surface area contributed by atoms with Gasteiger partial charge in [0.05, 0.1) is 25.4 Å². The number of hydrogen-bond acceptors (Lipinski definition) is 10. The van der Waals surface area contributed by atoms with Crippen molar-refractivity contribution in [1.82, 2.24) is 4.98 Å². The number of ether oxygens (including phenoxy) is 4. The standard InChI is InChI=1S/C36H51NO9/c1-22(17-28-21-44-26(5)37-28)11-9-12-24(3)35(43-8)25(4)30-20-31(39)36(6)32(46-36)16-15-23(2)29(38)18-27(19-34(41)42-7)13-10-14-33(40)45-30/h9-12,14-17,21,23,25,27,29-32,35,38-39H,13,18-20H2,1-8H3/b11-9+,14-10+,16-15+,22-17+,24-12+/t23-,25-,27-,29-,30+,31+,32-,35+,36+/m1/s1. The number of fused-ring (bicyclic) bond motifs is 1. The molecule has 1 fully saturated rings. The molecule has 1 aromatic rings. The Bertz CT molecular complexity index is 1320. The predicted molar refractivity (Wildman–Crippen MR) is 174 cm³/mol. The van der Waals surface area contributed by atoms with Crippen molar-refractivity contribution in [3.05, 3.63) is 71.5 Å². The zero-order chi connectivity index (χ0) is 34.0. The molecule has 0 aliphatic carbocycles. The van der Waals surface area contributed by atoms with E-state index >= 15 is 0 Å². The third-order valence-electron chi connectivity index (χ3n) is 8.95. The first kappa shape index (κ1) is 37.2. The number of epoxide rings is 1. The summed E-state index contributed by atoms with van der Waals surface area (Å²) >= 11 is 0.